The van der Waals surface area contributed by atoms with Crippen LogP contribution in [0.4, 0.5) is 5.69 Å². The molecule has 1 aliphatic rings. The first-order valence-corrected chi connectivity index (χ1v) is 8.96. The van der Waals surface area contributed by atoms with Gasteiger partial charge in [0.1, 0.15) is 18.1 Å². The fourth-order valence-corrected chi connectivity index (χ4v) is 3.01. The molecule has 1 atom stereocenters. The second-order valence-electron chi connectivity index (χ2n) is 6.38. The first-order chi connectivity index (χ1) is 13.6. The minimum atomic E-state index is -0.399. The number of carbonyl (C=O) groups is 2. The number of nitrogens with one attached hydrogen (secondary N) is 1. The van der Waals surface area contributed by atoms with Crippen molar-refractivity contribution in [2.75, 3.05) is 31.7 Å². The Kier molecular flexibility index (Phi) is 6.12. The zero-order valence-electron chi connectivity index (χ0n) is 15.6. The van der Waals surface area contributed by atoms with Gasteiger partial charge in [-0.3, -0.25) is 9.59 Å². The van der Waals surface area contributed by atoms with Crippen LogP contribution in [0.5, 0.6) is 11.5 Å². The molecule has 2 aromatic carbocycles. The average Bonchev–Trinajstić information content (AvgIpc) is 3.13. The minimum Gasteiger partial charge on any atom is -0.497 e. The van der Waals surface area contributed by atoms with Gasteiger partial charge in [-0.05, 0) is 48.5 Å². The number of ether oxygens (including phenoxy) is 2. The van der Waals surface area contributed by atoms with Gasteiger partial charge in [0.05, 0.1) is 31.2 Å². The van der Waals surface area contributed by atoms with Crippen LogP contribution in [0, 0.1) is 17.2 Å². The molecule has 7 nitrogen and oxygen atoms in total. The molecule has 0 spiro atoms. The van der Waals surface area contributed by atoms with Gasteiger partial charge in [0.15, 0.2) is 0 Å². The standard InChI is InChI=1S/C21H21N3O4/c1-27-18-6-8-19(9-7-18)28-11-10-23-21(26)16-12-20(25)24(14-16)17-4-2-15(13-22)3-5-17/h2-9,16H,10-12,14H2,1H3,(H,23,26). The lowest BCUT2D eigenvalue weighted by molar-refractivity contribution is -0.126. The number of rotatable bonds is 7. The molecule has 1 fully saturated rings. The largest absolute Gasteiger partial charge is 0.497 e. The maximum atomic E-state index is 12.4. The van der Waals surface area contributed by atoms with Crippen LogP contribution < -0.4 is 19.7 Å². The number of nitriles is 1. The first-order valence-electron chi connectivity index (χ1n) is 8.96. The van der Waals surface area contributed by atoms with Gasteiger partial charge < -0.3 is 19.7 Å². The van der Waals surface area contributed by atoms with Crippen molar-refractivity contribution >= 4 is 17.5 Å². The van der Waals surface area contributed by atoms with Gasteiger partial charge in [0, 0.05) is 18.7 Å². The van der Waals surface area contributed by atoms with Crippen molar-refractivity contribution in [1.29, 1.82) is 5.26 Å². The summed E-state index contributed by atoms with van der Waals surface area (Å²) in [5.74, 6) is 0.780. The number of hydrogen-bond acceptors (Lipinski definition) is 5. The quantitative estimate of drug-likeness (QED) is 0.744. The fourth-order valence-electron chi connectivity index (χ4n) is 3.01. The molecule has 0 bridgehead atoms. The van der Waals surface area contributed by atoms with E-state index >= 15 is 0 Å². The molecule has 3 rings (SSSR count). The predicted molar refractivity (Wildman–Crippen MR) is 103 cm³/mol. The molecular weight excluding hydrogens is 358 g/mol. The van der Waals surface area contributed by atoms with Crippen LogP contribution in [0.2, 0.25) is 0 Å². The highest BCUT2D eigenvalue weighted by Gasteiger charge is 2.34. The maximum absolute atomic E-state index is 12.4. The molecule has 0 saturated carbocycles. The van der Waals surface area contributed by atoms with Gasteiger partial charge in [-0.25, -0.2) is 0 Å². The highest BCUT2D eigenvalue weighted by Crippen LogP contribution is 2.25. The van der Waals surface area contributed by atoms with Crippen molar-refractivity contribution < 1.29 is 19.1 Å². The Bertz CT molecular complexity index is 872. The fraction of sp³-hybridized carbons (Fsp3) is 0.286. The third-order valence-corrected chi connectivity index (χ3v) is 4.53. The van der Waals surface area contributed by atoms with E-state index in [2.05, 4.69) is 5.32 Å². The molecule has 2 amide bonds. The monoisotopic (exact) mass is 379 g/mol. The van der Waals surface area contributed by atoms with E-state index in [1.54, 1.807) is 60.5 Å². The summed E-state index contributed by atoms with van der Waals surface area (Å²) in [5, 5.41) is 11.7. The Morgan fingerprint density at radius 2 is 1.86 bits per heavy atom. The Morgan fingerprint density at radius 1 is 1.18 bits per heavy atom. The van der Waals surface area contributed by atoms with Gasteiger partial charge in [0.2, 0.25) is 11.8 Å². The molecule has 1 saturated heterocycles. The van der Waals surface area contributed by atoms with Crippen molar-refractivity contribution in [2.24, 2.45) is 5.92 Å². The summed E-state index contributed by atoms with van der Waals surface area (Å²) in [4.78, 5) is 26.2. The molecule has 0 aromatic heterocycles. The van der Waals surface area contributed by atoms with Gasteiger partial charge in [-0.1, -0.05) is 0 Å². The number of anilines is 1. The van der Waals surface area contributed by atoms with Crippen molar-refractivity contribution in [1.82, 2.24) is 5.32 Å². The highest BCUT2D eigenvalue weighted by atomic mass is 16.5. The van der Waals surface area contributed by atoms with Gasteiger partial charge in [-0.2, -0.15) is 5.26 Å². The van der Waals surface area contributed by atoms with Crippen molar-refractivity contribution in [2.45, 2.75) is 6.42 Å². The Labute approximate surface area is 163 Å². The van der Waals surface area contributed by atoms with Gasteiger partial charge in [0.25, 0.3) is 0 Å². The normalized spacial score (nSPS) is 15.8. The lowest BCUT2D eigenvalue weighted by atomic mass is 10.1. The second kappa shape index (κ2) is 8.91. The van der Waals surface area contributed by atoms with Crippen LogP contribution in [0.1, 0.15) is 12.0 Å². The molecule has 0 radical (unpaired) electrons. The molecule has 1 N–H and O–H groups in total. The Morgan fingerprint density at radius 3 is 2.50 bits per heavy atom. The topological polar surface area (TPSA) is 91.7 Å². The van der Waals surface area contributed by atoms with E-state index in [0.717, 1.165) is 5.75 Å². The van der Waals surface area contributed by atoms with Crippen LogP contribution in [-0.2, 0) is 9.59 Å². The molecule has 7 heteroatoms. The number of methoxy groups -OCH3 is 1. The van der Waals surface area contributed by atoms with E-state index < -0.39 is 5.92 Å². The summed E-state index contributed by atoms with van der Waals surface area (Å²) in [6, 6.07) is 16.0. The predicted octanol–water partition coefficient (Wildman–Crippen LogP) is 2.11. The van der Waals surface area contributed by atoms with E-state index in [-0.39, 0.29) is 18.2 Å². The average molecular weight is 379 g/mol. The van der Waals surface area contributed by atoms with E-state index in [1.807, 2.05) is 6.07 Å². The Balaban J connectivity index is 1.45. The summed E-state index contributed by atoms with van der Waals surface area (Å²) in [5.41, 5.74) is 1.23. The van der Waals surface area contributed by atoms with E-state index in [4.69, 9.17) is 14.7 Å². The van der Waals surface area contributed by atoms with Crippen LogP contribution in [-0.4, -0.2) is 38.6 Å². The lowest BCUT2D eigenvalue weighted by Gasteiger charge is -2.16. The lowest BCUT2D eigenvalue weighted by Crippen LogP contribution is -2.35. The third kappa shape index (κ3) is 4.60. The van der Waals surface area contributed by atoms with Gasteiger partial charge >= 0.3 is 0 Å². The number of benzene rings is 2. The van der Waals surface area contributed by atoms with E-state index in [1.165, 1.54) is 0 Å². The highest BCUT2D eigenvalue weighted by molar-refractivity contribution is 6.00. The zero-order chi connectivity index (χ0) is 19.9. The number of carbonyl (C=O) groups excluding carboxylic acids is 2. The molecule has 144 valence electrons. The molecule has 1 unspecified atom stereocenters. The van der Waals surface area contributed by atoms with Gasteiger partial charge in [-0.15, -0.1) is 0 Å². The number of amides is 2. The van der Waals surface area contributed by atoms with Crippen LogP contribution >= 0.6 is 0 Å². The van der Waals surface area contributed by atoms with Crippen LogP contribution in [0.15, 0.2) is 48.5 Å². The van der Waals surface area contributed by atoms with Crippen LogP contribution in [0.25, 0.3) is 0 Å². The molecule has 2 aromatic rings. The summed E-state index contributed by atoms with van der Waals surface area (Å²) < 4.78 is 10.7. The number of nitrogens with zero attached hydrogens (tertiary/aromatic N) is 2. The van der Waals surface area contributed by atoms with Crippen molar-refractivity contribution in [3.05, 3.63) is 54.1 Å². The first kappa shape index (κ1) is 19.2. The SMILES string of the molecule is COc1ccc(OCCNC(=O)C2CC(=O)N(c3ccc(C#N)cc3)C2)cc1. The third-order valence-electron chi connectivity index (χ3n) is 4.53. The van der Waals surface area contributed by atoms with E-state index in [9.17, 15) is 9.59 Å². The molecule has 0 aliphatic carbocycles. The van der Waals surface area contributed by atoms with Crippen molar-refractivity contribution in [3.8, 4) is 17.6 Å². The minimum absolute atomic E-state index is 0.0978. The van der Waals surface area contributed by atoms with Crippen LogP contribution in [0.3, 0.4) is 0 Å². The van der Waals surface area contributed by atoms with E-state index in [0.29, 0.717) is 36.7 Å². The zero-order valence-corrected chi connectivity index (χ0v) is 15.6. The Hall–Kier alpha value is -3.53. The van der Waals surface area contributed by atoms with Crippen molar-refractivity contribution in [3.63, 3.8) is 0 Å². The molecular formula is C21H21N3O4. The molecule has 1 aliphatic heterocycles. The maximum Gasteiger partial charge on any atom is 0.227 e. The summed E-state index contributed by atoms with van der Waals surface area (Å²) in [6.07, 6.45) is 0.172. The molecule has 28 heavy (non-hydrogen) atoms. The number of hydrogen-bond donors (Lipinski definition) is 1. The molecule has 1 heterocycles. The summed E-state index contributed by atoms with van der Waals surface area (Å²) >= 11 is 0. The summed E-state index contributed by atoms with van der Waals surface area (Å²) in [7, 11) is 1.60. The smallest absolute Gasteiger partial charge is 0.227 e. The second-order valence-corrected chi connectivity index (χ2v) is 6.38. The summed E-state index contributed by atoms with van der Waals surface area (Å²) in [6.45, 7) is 1.01.